The highest BCUT2D eigenvalue weighted by molar-refractivity contribution is 5.32. The van der Waals surface area contributed by atoms with Crippen LogP contribution in [0.1, 0.15) is 0 Å². The molecule has 1 heteroatoms. The number of allylic oxidation sites excluding steroid dienone is 5. The number of rotatable bonds is 0. The van der Waals surface area contributed by atoms with Crippen molar-refractivity contribution in [1.82, 2.24) is 0 Å². The highest BCUT2D eigenvalue weighted by Crippen LogP contribution is 2.24. The van der Waals surface area contributed by atoms with E-state index in [0.717, 1.165) is 5.57 Å². The predicted molar refractivity (Wildman–Crippen MR) is 54.1 cm³/mol. The lowest BCUT2D eigenvalue weighted by molar-refractivity contribution is 0.159. The fourth-order valence-electron chi connectivity index (χ4n) is 1.52. The third-order valence-electron chi connectivity index (χ3n) is 2.25. The summed E-state index contributed by atoms with van der Waals surface area (Å²) in [5, 5.41) is 0. The van der Waals surface area contributed by atoms with Gasteiger partial charge < -0.3 is 4.74 Å². The summed E-state index contributed by atoms with van der Waals surface area (Å²) >= 11 is 0. The Labute approximate surface area is 78.4 Å². The summed E-state index contributed by atoms with van der Waals surface area (Å²) in [5.74, 6) is 0.284. The van der Waals surface area contributed by atoms with Gasteiger partial charge >= 0.3 is 0 Å². The fourth-order valence-corrected chi connectivity index (χ4v) is 1.52. The van der Waals surface area contributed by atoms with Crippen molar-refractivity contribution in [2.24, 2.45) is 5.92 Å². The lowest BCUT2D eigenvalue weighted by atomic mass is 9.90. The molecule has 0 spiro atoms. The van der Waals surface area contributed by atoms with Crippen molar-refractivity contribution in [3.8, 4) is 0 Å². The van der Waals surface area contributed by atoms with Crippen LogP contribution in [-0.4, -0.2) is 6.10 Å². The second-order valence-electron chi connectivity index (χ2n) is 3.16. The number of hydrogen-bond donors (Lipinski definition) is 0. The molecule has 2 atom stereocenters. The van der Waals surface area contributed by atoms with E-state index in [1.54, 1.807) is 6.26 Å². The SMILES string of the molecule is C=C1/C=C\C=C/OC2C=CC=CC12. The largest absolute Gasteiger partial charge is 0.493 e. The van der Waals surface area contributed by atoms with Gasteiger partial charge in [-0.25, -0.2) is 0 Å². The molecule has 0 saturated heterocycles. The van der Waals surface area contributed by atoms with E-state index < -0.39 is 0 Å². The molecule has 2 rings (SSSR count). The zero-order valence-corrected chi connectivity index (χ0v) is 7.39. The zero-order valence-electron chi connectivity index (χ0n) is 7.39. The minimum Gasteiger partial charge on any atom is -0.493 e. The first-order valence-electron chi connectivity index (χ1n) is 4.40. The van der Waals surface area contributed by atoms with E-state index in [1.807, 2.05) is 30.4 Å². The molecule has 0 saturated carbocycles. The molecule has 1 aliphatic carbocycles. The van der Waals surface area contributed by atoms with E-state index in [-0.39, 0.29) is 12.0 Å². The number of fused-ring (bicyclic) bond motifs is 1. The summed E-state index contributed by atoms with van der Waals surface area (Å²) in [6.07, 6.45) is 15.9. The maximum absolute atomic E-state index is 5.53. The van der Waals surface area contributed by atoms with Gasteiger partial charge in [0, 0.05) is 5.92 Å². The normalized spacial score (nSPS) is 35.5. The summed E-state index contributed by atoms with van der Waals surface area (Å²) in [6, 6.07) is 0. The summed E-state index contributed by atoms with van der Waals surface area (Å²) in [6.45, 7) is 4.01. The van der Waals surface area contributed by atoms with Crippen molar-refractivity contribution in [2.45, 2.75) is 6.10 Å². The van der Waals surface area contributed by atoms with E-state index in [9.17, 15) is 0 Å². The van der Waals surface area contributed by atoms with Gasteiger partial charge in [0.1, 0.15) is 6.10 Å². The minimum atomic E-state index is 0.110. The fraction of sp³-hybridized carbons (Fsp3) is 0.167. The zero-order chi connectivity index (χ0) is 9.10. The quantitative estimate of drug-likeness (QED) is 0.546. The molecular formula is C12H12O. The highest BCUT2D eigenvalue weighted by atomic mass is 16.5. The van der Waals surface area contributed by atoms with Gasteiger partial charge in [0.25, 0.3) is 0 Å². The van der Waals surface area contributed by atoms with Crippen LogP contribution in [0.4, 0.5) is 0 Å². The summed E-state index contributed by atoms with van der Waals surface area (Å²) < 4.78 is 5.53. The van der Waals surface area contributed by atoms with E-state index in [4.69, 9.17) is 4.74 Å². The van der Waals surface area contributed by atoms with Crippen LogP contribution >= 0.6 is 0 Å². The first-order valence-corrected chi connectivity index (χ1v) is 4.40. The Balaban J connectivity index is 2.28. The Morgan fingerprint density at radius 1 is 1.08 bits per heavy atom. The number of hydrogen-bond acceptors (Lipinski definition) is 1. The minimum absolute atomic E-state index is 0.110. The standard InChI is InChI=1S/C12H12O/c1-10-6-4-5-9-13-12-8-3-2-7-11(10)12/h2-9,11-12H,1H2/b6-4-,9-5-. The molecule has 0 aromatic carbocycles. The van der Waals surface area contributed by atoms with E-state index >= 15 is 0 Å². The molecule has 0 amide bonds. The van der Waals surface area contributed by atoms with E-state index in [0.29, 0.717) is 0 Å². The Morgan fingerprint density at radius 2 is 1.92 bits per heavy atom. The molecule has 66 valence electrons. The van der Waals surface area contributed by atoms with Gasteiger partial charge in [-0.15, -0.1) is 0 Å². The monoisotopic (exact) mass is 172 g/mol. The maximum atomic E-state index is 5.53. The molecule has 1 aliphatic heterocycles. The van der Waals surface area contributed by atoms with E-state index in [1.165, 1.54) is 0 Å². The second kappa shape index (κ2) is 3.48. The molecule has 2 unspecified atom stereocenters. The van der Waals surface area contributed by atoms with Crippen molar-refractivity contribution in [3.63, 3.8) is 0 Å². The van der Waals surface area contributed by atoms with Crippen LogP contribution in [0, 0.1) is 5.92 Å². The van der Waals surface area contributed by atoms with Crippen molar-refractivity contribution in [1.29, 1.82) is 0 Å². The van der Waals surface area contributed by atoms with Gasteiger partial charge in [-0.1, -0.05) is 37.0 Å². The molecule has 0 N–H and O–H groups in total. The van der Waals surface area contributed by atoms with E-state index in [2.05, 4.69) is 18.7 Å². The lowest BCUT2D eigenvalue weighted by Gasteiger charge is -2.24. The average Bonchev–Trinajstić information content (AvgIpc) is 2.14. The van der Waals surface area contributed by atoms with Crippen molar-refractivity contribution < 1.29 is 4.74 Å². The Bertz CT molecular complexity index is 318. The average molecular weight is 172 g/mol. The second-order valence-corrected chi connectivity index (χ2v) is 3.16. The van der Waals surface area contributed by atoms with Gasteiger partial charge in [0.15, 0.2) is 0 Å². The maximum Gasteiger partial charge on any atom is 0.126 e. The van der Waals surface area contributed by atoms with Crippen LogP contribution in [0.3, 0.4) is 0 Å². The Morgan fingerprint density at radius 3 is 2.85 bits per heavy atom. The summed E-state index contributed by atoms with van der Waals surface area (Å²) in [5.41, 5.74) is 1.09. The van der Waals surface area contributed by atoms with Gasteiger partial charge in [0.05, 0.1) is 6.26 Å². The lowest BCUT2D eigenvalue weighted by Crippen LogP contribution is -2.21. The molecule has 1 nitrogen and oxygen atoms in total. The van der Waals surface area contributed by atoms with Gasteiger partial charge in [-0.05, 0) is 17.7 Å². The molecule has 0 aromatic heterocycles. The van der Waals surface area contributed by atoms with Crippen LogP contribution in [0.5, 0.6) is 0 Å². The molecular weight excluding hydrogens is 160 g/mol. The van der Waals surface area contributed by atoms with Crippen LogP contribution in [-0.2, 0) is 4.74 Å². The molecule has 13 heavy (non-hydrogen) atoms. The Kier molecular flexibility index (Phi) is 2.17. The smallest absolute Gasteiger partial charge is 0.126 e. The summed E-state index contributed by atoms with van der Waals surface area (Å²) in [4.78, 5) is 0. The van der Waals surface area contributed by atoms with Gasteiger partial charge in [-0.3, -0.25) is 0 Å². The molecule has 1 heterocycles. The van der Waals surface area contributed by atoms with Crippen LogP contribution in [0.15, 0.2) is 60.9 Å². The highest BCUT2D eigenvalue weighted by Gasteiger charge is 2.20. The topological polar surface area (TPSA) is 9.23 Å². The number of ether oxygens (including phenoxy) is 1. The molecule has 0 radical (unpaired) electrons. The van der Waals surface area contributed by atoms with Crippen molar-refractivity contribution in [2.75, 3.05) is 0 Å². The van der Waals surface area contributed by atoms with Crippen molar-refractivity contribution in [3.05, 3.63) is 60.9 Å². The van der Waals surface area contributed by atoms with Crippen molar-refractivity contribution >= 4 is 0 Å². The van der Waals surface area contributed by atoms with Gasteiger partial charge in [-0.2, -0.15) is 0 Å². The third kappa shape index (κ3) is 1.64. The molecule has 0 fully saturated rings. The summed E-state index contributed by atoms with van der Waals surface area (Å²) in [7, 11) is 0. The van der Waals surface area contributed by atoms with Crippen LogP contribution < -0.4 is 0 Å². The Hall–Kier alpha value is -1.50. The molecule has 0 bridgehead atoms. The first kappa shape index (κ1) is 8.11. The van der Waals surface area contributed by atoms with Crippen LogP contribution in [0.25, 0.3) is 0 Å². The van der Waals surface area contributed by atoms with Crippen LogP contribution in [0.2, 0.25) is 0 Å². The molecule has 0 aromatic rings. The molecule has 2 aliphatic rings. The third-order valence-corrected chi connectivity index (χ3v) is 2.25. The predicted octanol–water partition coefficient (Wildman–Crippen LogP) is 2.75. The first-order chi connectivity index (χ1) is 6.38. The van der Waals surface area contributed by atoms with Gasteiger partial charge in [0.2, 0.25) is 0 Å².